The molecule has 1 amide bonds. The molecule has 3 aromatic rings. The number of aromatic nitrogens is 2. The van der Waals surface area contributed by atoms with Gasteiger partial charge in [-0.3, -0.25) is 14.7 Å². The number of aryl methyl sites for hydroxylation is 1. The van der Waals surface area contributed by atoms with Crippen LogP contribution in [0.2, 0.25) is 0 Å². The van der Waals surface area contributed by atoms with E-state index in [4.69, 9.17) is 0 Å². The zero-order valence-corrected chi connectivity index (χ0v) is 15.1. The molecule has 0 spiro atoms. The van der Waals surface area contributed by atoms with Crippen LogP contribution < -0.4 is 0 Å². The minimum Gasteiger partial charge on any atom is -0.340 e. The number of piperazine rings is 1. The maximum Gasteiger partial charge on any atom is 0.270 e. The van der Waals surface area contributed by atoms with Gasteiger partial charge < -0.3 is 9.47 Å². The number of benzene rings is 1. The summed E-state index contributed by atoms with van der Waals surface area (Å²) in [5.41, 5.74) is 3.19. The Labute approximate surface area is 153 Å². The summed E-state index contributed by atoms with van der Waals surface area (Å²) in [5.74, 6) is 0.137. The Morgan fingerprint density at radius 2 is 1.77 bits per heavy atom. The van der Waals surface area contributed by atoms with E-state index in [0.717, 1.165) is 55.7 Å². The number of carbonyl (C=O) groups excluding carboxylic acids is 1. The summed E-state index contributed by atoms with van der Waals surface area (Å²) in [6.45, 7) is 4.47. The van der Waals surface area contributed by atoms with Gasteiger partial charge in [0.2, 0.25) is 0 Å². The second-order valence-electron chi connectivity index (χ2n) is 6.89. The molecule has 0 atom stereocenters. The summed E-state index contributed by atoms with van der Waals surface area (Å²) in [7, 11) is 1.97. The summed E-state index contributed by atoms with van der Waals surface area (Å²) in [6, 6.07) is 14.3. The number of fused-ring (bicyclic) bond motifs is 1. The van der Waals surface area contributed by atoms with Gasteiger partial charge >= 0.3 is 0 Å². The molecule has 0 unspecified atom stereocenters. The molecule has 1 aliphatic heterocycles. The molecule has 0 N–H and O–H groups in total. The van der Waals surface area contributed by atoms with Crippen LogP contribution in [0.15, 0.2) is 54.9 Å². The Morgan fingerprint density at radius 3 is 2.50 bits per heavy atom. The largest absolute Gasteiger partial charge is 0.340 e. The summed E-state index contributed by atoms with van der Waals surface area (Å²) in [6.07, 6.45) is 4.71. The molecular formula is C21H24N4O. The van der Waals surface area contributed by atoms with Crippen molar-refractivity contribution in [3.63, 3.8) is 0 Å². The van der Waals surface area contributed by atoms with Gasteiger partial charge in [0.25, 0.3) is 5.91 Å². The monoisotopic (exact) mass is 348 g/mol. The maximum absolute atomic E-state index is 13.0. The molecule has 5 heteroatoms. The first-order chi connectivity index (χ1) is 12.7. The minimum atomic E-state index is 0.137. The first kappa shape index (κ1) is 16.8. The number of nitrogens with zero attached hydrogens (tertiary/aromatic N) is 4. The lowest BCUT2D eigenvalue weighted by Gasteiger charge is -2.34. The van der Waals surface area contributed by atoms with Gasteiger partial charge in [-0.15, -0.1) is 0 Å². The van der Waals surface area contributed by atoms with Gasteiger partial charge in [-0.1, -0.05) is 18.2 Å². The highest BCUT2D eigenvalue weighted by molar-refractivity contribution is 5.98. The predicted octanol–water partition coefficient (Wildman–Crippen LogP) is 2.57. The summed E-state index contributed by atoms with van der Waals surface area (Å²) in [5, 5.41) is 1.12. The zero-order chi connectivity index (χ0) is 17.9. The van der Waals surface area contributed by atoms with Gasteiger partial charge in [-0.25, -0.2) is 0 Å². The Balaban J connectivity index is 1.36. The number of carbonyl (C=O) groups is 1. The van der Waals surface area contributed by atoms with E-state index in [-0.39, 0.29) is 5.91 Å². The summed E-state index contributed by atoms with van der Waals surface area (Å²) < 4.78 is 2.01. The van der Waals surface area contributed by atoms with E-state index in [0.29, 0.717) is 0 Å². The van der Waals surface area contributed by atoms with Crippen molar-refractivity contribution in [3.8, 4) is 0 Å². The third-order valence-electron chi connectivity index (χ3n) is 5.30. The number of hydrogen-bond acceptors (Lipinski definition) is 3. The molecule has 0 bridgehead atoms. The van der Waals surface area contributed by atoms with Crippen molar-refractivity contribution in [3.05, 3.63) is 66.1 Å². The van der Waals surface area contributed by atoms with E-state index < -0.39 is 0 Å². The number of amides is 1. The van der Waals surface area contributed by atoms with Crippen LogP contribution in [0.1, 0.15) is 16.1 Å². The van der Waals surface area contributed by atoms with Crippen LogP contribution in [-0.2, 0) is 13.5 Å². The lowest BCUT2D eigenvalue weighted by atomic mass is 10.2. The summed E-state index contributed by atoms with van der Waals surface area (Å²) in [4.78, 5) is 21.4. The lowest BCUT2D eigenvalue weighted by Crippen LogP contribution is -2.49. The van der Waals surface area contributed by atoms with Crippen LogP contribution in [0, 0.1) is 0 Å². The van der Waals surface area contributed by atoms with Gasteiger partial charge in [0.15, 0.2) is 0 Å². The van der Waals surface area contributed by atoms with E-state index in [9.17, 15) is 4.79 Å². The predicted molar refractivity (Wildman–Crippen MR) is 103 cm³/mol. The Hall–Kier alpha value is -2.66. The molecule has 2 aromatic heterocycles. The number of rotatable bonds is 4. The molecule has 0 saturated carbocycles. The fourth-order valence-corrected chi connectivity index (χ4v) is 3.67. The lowest BCUT2D eigenvalue weighted by molar-refractivity contribution is 0.0629. The molecule has 3 heterocycles. The minimum absolute atomic E-state index is 0.137. The van der Waals surface area contributed by atoms with Crippen LogP contribution in [0.5, 0.6) is 0 Å². The molecule has 26 heavy (non-hydrogen) atoms. The summed E-state index contributed by atoms with van der Waals surface area (Å²) >= 11 is 0. The second kappa shape index (κ2) is 7.30. The third kappa shape index (κ3) is 3.35. The molecule has 1 fully saturated rings. The standard InChI is InChI=1S/C21H24N4O/c1-23-19-5-3-2-4-18(19)16-20(23)21(26)25-14-12-24(13-15-25)11-8-17-6-9-22-10-7-17/h2-7,9-10,16H,8,11-15H2,1H3. The molecule has 5 nitrogen and oxygen atoms in total. The van der Waals surface area contributed by atoms with E-state index in [2.05, 4.69) is 34.1 Å². The van der Waals surface area contributed by atoms with Crippen molar-refractivity contribution >= 4 is 16.8 Å². The highest BCUT2D eigenvalue weighted by Gasteiger charge is 2.24. The fraction of sp³-hybridized carbons (Fsp3) is 0.333. The van der Waals surface area contributed by atoms with Crippen molar-refractivity contribution in [1.29, 1.82) is 0 Å². The van der Waals surface area contributed by atoms with Crippen molar-refractivity contribution < 1.29 is 4.79 Å². The van der Waals surface area contributed by atoms with E-state index >= 15 is 0 Å². The van der Waals surface area contributed by atoms with E-state index in [1.807, 2.05) is 47.1 Å². The van der Waals surface area contributed by atoms with Crippen molar-refractivity contribution in [2.24, 2.45) is 7.05 Å². The topological polar surface area (TPSA) is 41.4 Å². The maximum atomic E-state index is 13.0. The molecule has 0 aliphatic carbocycles. The molecule has 4 rings (SSSR count). The van der Waals surface area contributed by atoms with Gasteiger partial charge in [0.1, 0.15) is 5.69 Å². The molecular weight excluding hydrogens is 324 g/mol. The van der Waals surface area contributed by atoms with Gasteiger partial charge in [0.05, 0.1) is 0 Å². The third-order valence-corrected chi connectivity index (χ3v) is 5.30. The van der Waals surface area contributed by atoms with Gasteiger partial charge in [-0.05, 0) is 36.2 Å². The quantitative estimate of drug-likeness (QED) is 0.728. The van der Waals surface area contributed by atoms with Gasteiger partial charge in [-0.2, -0.15) is 0 Å². The first-order valence-corrected chi connectivity index (χ1v) is 9.17. The number of hydrogen-bond donors (Lipinski definition) is 0. The molecule has 0 radical (unpaired) electrons. The first-order valence-electron chi connectivity index (χ1n) is 9.17. The SMILES string of the molecule is Cn1c(C(=O)N2CCN(CCc3ccncc3)CC2)cc2ccccc21. The van der Waals surface area contributed by atoms with Crippen molar-refractivity contribution in [2.45, 2.75) is 6.42 Å². The number of pyridine rings is 1. The van der Waals surface area contributed by atoms with Crippen LogP contribution in [0.25, 0.3) is 10.9 Å². The Morgan fingerprint density at radius 1 is 1.04 bits per heavy atom. The van der Waals surface area contributed by atoms with Crippen molar-refractivity contribution in [2.75, 3.05) is 32.7 Å². The molecule has 134 valence electrons. The van der Waals surface area contributed by atoms with E-state index in [1.54, 1.807) is 0 Å². The average molecular weight is 348 g/mol. The fourth-order valence-electron chi connectivity index (χ4n) is 3.67. The molecule has 1 aliphatic rings. The number of para-hydroxylation sites is 1. The Kier molecular flexibility index (Phi) is 4.71. The van der Waals surface area contributed by atoms with Crippen LogP contribution in [0.4, 0.5) is 0 Å². The molecule has 1 aromatic carbocycles. The van der Waals surface area contributed by atoms with Crippen LogP contribution in [-0.4, -0.2) is 58.0 Å². The highest BCUT2D eigenvalue weighted by Crippen LogP contribution is 2.20. The Bertz CT molecular complexity index is 895. The highest BCUT2D eigenvalue weighted by atomic mass is 16.2. The van der Waals surface area contributed by atoms with Crippen LogP contribution >= 0.6 is 0 Å². The van der Waals surface area contributed by atoms with Crippen molar-refractivity contribution in [1.82, 2.24) is 19.4 Å². The smallest absolute Gasteiger partial charge is 0.270 e. The average Bonchev–Trinajstić information content (AvgIpc) is 3.04. The molecule has 1 saturated heterocycles. The van der Waals surface area contributed by atoms with Gasteiger partial charge in [0, 0.05) is 63.1 Å². The van der Waals surface area contributed by atoms with Crippen LogP contribution in [0.3, 0.4) is 0 Å². The second-order valence-corrected chi connectivity index (χ2v) is 6.89. The zero-order valence-electron chi connectivity index (χ0n) is 15.1. The van der Waals surface area contributed by atoms with E-state index in [1.165, 1.54) is 5.56 Å². The normalized spacial score (nSPS) is 15.5.